The molecule has 2 aromatic heterocycles. The molecular weight excluding hydrogens is 640 g/mol. The summed E-state index contributed by atoms with van der Waals surface area (Å²) in [6.07, 6.45) is 3.61. The van der Waals surface area contributed by atoms with Gasteiger partial charge in [0.1, 0.15) is 5.82 Å². The first-order valence-electron chi connectivity index (χ1n) is 15.7. The van der Waals surface area contributed by atoms with Crippen LogP contribution in [0.2, 0.25) is 10.0 Å². The van der Waals surface area contributed by atoms with E-state index in [9.17, 15) is 9.90 Å². The molecule has 0 saturated carbocycles. The van der Waals surface area contributed by atoms with E-state index in [-0.39, 0.29) is 17.8 Å². The molecule has 0 unspecified atom stereocenters. The van der Waals surface area contributed by atoms with Crippen molar-refractivity contribution in [2.75, 3.05) is 26.7 Å². The minimum absolute atomic E-state index is 0.0897. The van der Waals surface area contributed by atoms with E-state index in [1.54, 1.807) is 33.2 Å². The number of amides is 1. The van der Waals surface area contributed by atoms with Gasteiger partial charge in [-0.2, -0.15) is 0 Å². The third kappa shape index (κ3) is 7.45. The van der Waals surface area contributed by atoms with Gasteiger partial charge in [-0.05, 0) is 62.1 Å². The van der Waals surface area contributed by atoms with E-state index in [1.807, 2.05) is 36.4 Å². The highest BCUT2D eigenvalue weighted by Crippen LogP contribution is 2.42. The van der Waals surface area contributed by atoms with Gasteiger partial charge in [0, 0.05) is 79.2 Å². The van der Waals surface area contributed by atoms with Gasteiger partial charge in [0.2, 0.25) is 11.8 Å². The lowest BCUT2D eigenvalue weighted by Crippen LogP contribution is -2.41. The number of nitrogens with zero attached hydrogens (tertiary/aromatic N) is 3. The van der Waals surface area contributed by atoms with Crippen LogP contribution in [0.4, 0.5) is 4.39 Å². The van der Waals surface area contributed by atoms with Crippen LogP contribution < -0.4 is 15.4 Å². The normalized spacial score (nSPS) is 16.7. The molecule has 1 atom stereocenters. The molecule has 6 rings (SSSR count). The number of benzene rings is 2. The van der Waals surface area contributed by atoms with Crippen LogP contribution in [0.15, 0.2) is 54.7 Å². The second-order valence-electron chi connectivity index (χ2n) is 12.9. The van der Waals surface area contributed by atoms with Gasteiger partial charge in [0.05, 0.1) is 34.1 Å². The topological polar surface area (TPSA) is 99.6 Å². The third-order valence-electron chi connectivity index (χ3n) is 8.62. The molecule has 4 heterocycles. The highest BCUT2D eigenvalue weighted by molar-refractivity contribution is 6.39. The Bertz CT molecular complexity index is 1810. The van der Waals surface area contributed by atoms with Gasteiger partial charge in [0.15, 0.2) is 0 Å². The number of ether oxygens (including phenoxy) is 1. The first kappa shape index (κ1) is 33.3. The third-order valence-corrected chi connectivity index (χ3v) is 9.41. The molecule has 3 N–H and O–H groups in total. The summed E-state index contributed by atoms with van der Waals surface area (Å²) in [7, 11) is 1.58. The summed E-state index contributed by atoms with van der Waals surface area (Å²) in [5.41, 5.74) is 5.33. The molecule has 0 bridgehead atoms. The van der Waals surface area contributed by atoms with Gasteiger partial charge in [-0.25, -0.2) is 9.37 Å². The first-order valence-corrected chi connectivity index (χ1v) is 16.5. The molecule has 1 fully saturated rings. The number of methoxy groups -OCH3 is 1. The summed E-state index contributed by atoms with van der Waals surface area (Å²) in [5.74, 6) is 0.284. The predicted molar refractivity (Wildman–Crippen MR) is 183 cm³/mol. The van der Waals surface area contributed by atoms with Crippen LogP contribution in [0.3, 0.4) is 0 Å². The summed E-state index contributed by atoms with van der Waals surface area (Å²) in [5, 5.41) is 17.5. The van der Waals surface area contributed by atoms with E-state index in [0.29, 0.717) is 101 Å². The number of aromatic nitrogens is 2. The fourth-order valence-electron chi connectivity index (χ4n) is 6.46. The summed E-state index contributed by atoms with van der Waals surface area (Å²) in [4.78, 5) is 22.9. The van der Waals surface area contributed by atoms with E-state index in [1.165, 1.54) is 6.07 Å². The fraction of sp³-hybridized carbons (Fsp3) is 0.361. The molecule has 1 amide bonds. The van der Waals surface area contributed by atoms with Crippen molar-refractivity contribution in [1.29, 1.82) is 0 Å². The van der Waals surface area contributed by atoms with Gasteiger partial charge >= 0.3 is 0 Å². The molecular formula is C36H38Cl2FN5O3. The zero-order valence-corrected chi connectivity index (χ0v) is 28.2. The number of carbonyl (C=O) groups is 1. The smallest absolute Gasteiger partial charge is 0.220 e. The number of carbonyl (C=O) groups excluding carboxylic acids is 1. The second-order valence-corrected chi connectivity index (χ2v) is 13.6. The van der Waals surface area contributed by atoms with E-state index < -0.39 is 5.60 Å². The van der Waals surface area contributed by atoms with Gasteiger partial charge in [-0.15, -0.1) is 0 Å². The zero-order chi connectivity index (χ0) is 33.3. The van der Waals surface area contributed by atoms with Gasteiger partial charge in [-0.3, -0.25) is 14.7 Å². The highest BCUT2D eigenvalue weighted by Gasteiger charge is 2.26. The maximum Gasteiger partial charge on any atom is 0.220 e. The van der Waals surface area contributed by atoms with Gasteiger partial charge in [0.25, 0.3) is 0 Å². The minimum atomic E-state index is -0.851. The second kappa shape index (κ2) is 13.9. The minimum Gasteiger partial charge on any atom is -0.481 e. The number of β-amino-alcohol motifs (C(OH)–C–C–N with tert-alkyl or cyclic N) is 1. The van der Waals surface area contributed by atoms with E-state index in [0.717, 1.165) is 17.5 Å². The molecule has 4 aromatic rings. The fourth-order valence-corrected chi connectivity index (χ4v) is 7.10. The molecule has 2 aromatic carbocycles. The van der Waals surface area contributed by atoms with E-state index in [4.69, 9.17) is 32.9 Å². The number of aliphatic hydroxyl groups is 1. The maximum atomic E-state index is 15.4. The number of hydrogen-bond acceptors (Lipinski definition) is 7. The molecule has 11 heteroatoms. The molecule has 0 aliphatic carbocycles. The Morgan fingerprint density at radius 3 is 2.64 bits per heavy atom. The Balaban J connectivity index is 1.27. The lowest BCUT2D eigenvalue weighted by Gasteiger charge is -2.33. The summed E-state index contributed by atoms with van der Waals surface area (Å²) in [6.45, 7) is 6.44. The van der Waals surface area contributed by atoms with Crippen LogP contribution in [-0.4, -0.2) is 64.3 Å². The Labute approximate surface area is 284 Å². The van der Waals surface area contributed by atoms with Crippen molar-refractivity contribution < 1.29 is 19.0 Å². The van der Waals surface area contributed by atoms with Crippen molar-refractivity contribution in [3.63, 3.8) is 0 Å². The van der Waals surface area contributed by atoms with Crippen LogP contribution >= 0.6 is 23.2 Å². The lowest BCUT2D eigenvalue weighted by atomic mass is 9.93. The number of halogens is 3. The Morgan fingerprint density at radius 2 is 1.89 bits per heavy atom. The number of rotatable bonds is 10. The SMILES string of the molecule is COc1nc(-c2cccc(-c3ccnc(-c4cc(F)c5c(c4)CN(CC(C)(C)O)CC5)c3Cl)c2Cl)ccc1CNC[C@@H]1CCC(=O)N1. The summed E-state index contributed by atoms with van der Waals surface area (Å²) in [6, 6.07) is 14.9. The Hall–Kier alpha value is -3.60. The van der Waals surface area contributed by atoms with Crippen molar-refractivity contribution in [1.82, 2.24) is 25.5 Å². The number of fused-ring (bicyclic) bond motifs is 1. The summed E-state index contributed by atoms with van der Waals surface area (Å²) < 4.78 is 21.0. The highest BCUT2D eigenvalue weighted by atomic mass is 35.5. The number of hydrogen-bond donors (Lipinski definition) is 3. The van der Waals surface area contributed by atoms with E-state index in [2.05, 4.69) is 20.5 Å². The largest absolute Gasteiger partial charge is 0.481 e. The van der Waals surface area contributed by atoms with Crippen LogP contribution in [0.5, 0.6) is 5.88 Å². The summed E-state index contributed by atoms with van der Waals surface area (Å²) >= 11 is 14.1. The first-order chi connectivity index (χ1) is 22.5. The monoisotopic (exact) mass is 677 g/mol. The Kier molecular flexibility index (Phi) is 9.82. The lowest BCUT2D eigenvalue weighted by molar-refractivity contribution is -0.119. The molecule has 0 radical (unpaired) electrons. The molecule has 8 nitrogen and oxygen atoms in total. The van der Waals surface area contributed by atoms with Crippen LogP contribution in [0, 0.1) is 5.82 Å². The number of nitrogens with one attached hydrogen (secondary N) is 2. The van der Waals surface area contributed by atoms with E-state index >= 15 is 4.39 Å². The predicted octanol–water partition coefficient (Wildman–Crippen LogP) is 6.43. The Morgan fingerprint density at radius 1 is 1.11 bits per heavy atom. The van der Waals surface area contributed by atoms with Crippen molar-refractivity contribution in [3.8, 4) is 39.5 Å². The molecule has 2 aliphatic rings. The standard InChI is InChI=1S/C36H38Cl2FN5O3/c1-36(2,46)20-44-14-12-25-23(19-44)15-22(16-29(25)39)34-33(38)27(11-13-41-34)26-5-4-6-28(32(26)37)30-9-7-21(35(43-30)47-3)17-40-18-24-8-10-31(45)42-24/h4-7,9,11,13,15-16,24,40,46H,8,10,12,14,17-20H2,1-3H3,(H,42,45)/t24-/m0/s1. The van der Waals surface area contributed by atoms with Crippen molar-refractivity contribution in [3.05, 3.63) is 87.3 Å². The molecule has 246 valence electrons. The maximum absolute atomic E-state index is 15.4. The van der Waals surface area contributed by atoms with Crippen LogP contribution in [-0.2, 0) is 24.3 Å². The quantitative estimate of drug-likeness (QED) is 0.178. The molecule has 47 heavy (non-hydrogen) atoms. The number of pyridine rings is 2. The average molecular weight is 679 g/mol. The van der Waals surface area contributed by atoms with Crippen molar-refractivity contribution in [2.24, 2.45) is 0 Å². The zero-order valence-electron chi connectivity index (χ0n) is 26.7. The molecule has 1 saturated heterocycles. The molecule has 0 spiro atoms. The van der Waals surface area contributed by atoms with Gasteiger partial charge in [-0.1, -0.05) is 47.5 Å². The van der Waals surface area contributed by atoms with Crippen molar-refractivity contribution >= 4 is 29.1 Å². The van der Waals surface area contributed by atoms with Crippen molar-refractivity contribution in [2.45, 2.75) is 57.8 Å². The average Bonchev–Trinajstić information content (AvgIpc) is 3.45. The van der Waals surface area contributed by atoms with Crippen LogP contribution in [0.1, 0.15) is 43.4 Å². The van der Waals surface area contributed by atoms with Crippen LogP contribution in [0.25, 0.3) is 33.6 Å². The molecule has 2 aliphatic heterocycles. The van der Waals surface area contributed by atoms with Gasteiger partial charge < -0.3 is 20.5 Å².